The van der Waals surface area contributed by atoms with Gasteiger partial charge in [-0.2, -0.15) is 13.2 Å². The average molecular weight is 380 g/mol. The first-order chi connectivity index (χ1) is 11.7. The molecule has 0 radical (unpaired) electrons. The zero-order chi connectivity index (χ0) is 18.8. The van der Waals surface area contributed by atoms with Crippen LogP contribution in [0.5, 0.6) is 5.75 Å². The van der Waals surface area contributed by atoms with Crippen molar-refractivity contribution in [3.8, 4) is 5.75 Å². The number of rotatable bonds is 4. The standard InChI is InChI=1S/C14H15F3N2O5S/c1-24-9-3-2-7(6-10(9)25-14(15,16)17)13(22)19-5-4-8(20)11(19)12(21)18-23/h2-3,6,8,11,20,23H,4-5H2,1H3,(H,18,21)/t8-,11-/m1/s1. The third-order valence-corrected chi connectivity index (χ3v) is 4.41. The fraction of sp³-hybridized carbons (Fsp3) is 0.429. The molecule has 2 amide bonds. The molecule has 138 valence electrons. The lowest BCUT2D eigenvalue weighted by atomic mass is 10.1. The van der Waals surface area contributed by atoms with Crippen LogP contribution in [0.25, 0.3) is 0 Å². The van der Waals surface area contributed by atoms with Crippen molar-refractivity contribution < 1.29 is 37.8 Å². The number of carbonyl (C=O) groups excluding carboxylic acids is 2. The summed E-state index contributed by atoms with van der Waals surface area (Å²) in [6, 6.07) is 2.17. The molecule has 1 aliphatic rings. The van der Waals surface area contributed by atoms with E-state index < -0.39 is 41.2 Å². The highest BCUT2D eigenvalue weighted by Crippen LogP contribution is 2.42. The second-order valence-corrected chi connectivity index (χ2v) is 6.30. The molecule has 2 atom stereocenters. The van der Waals surface area contributed by atoms with Gasteiger partial charge in [-0.1, -0.05) is 0 Å². The SMILES string of the molecule is COc1ccc(C(=O)N2CC[C@@H](O)[C@@H]2C(=O)NO)cc1SC(F)(F)F. The predicted octanol–water partition coefficient (Wildman–Crippen LogP) is 1.39. The van der Waals surface area contributed by atoms with Crippen molar-refractivity contribution in [1.29, 1.82) is 0 Å². The largest absolute Gasteiger partial charge is 0.496 e. The monoisotopic (exact) mass is 380 g/mol. The van der Waals surface area contributed by atoms with E-state index >= 15 is 0 Å². The molecule has 0 bridgehead atoms. The van der Waals surface area contributed by atoms with Crippen molar-refractivity contribution in [3.05, 3.63) is 23.8 Å². The van der Waals surface area contributed by atoms with Crippen LogP contribution in [-0.2, 0) is 4.79 Å². The molecule has 0 unspecified atom stereocenters. The number of amides is 2. The fourth-order valence-electron chi connectivity index (χ4n) is 2.57. The number of likely N-dealkylation sites (tertiary alicyclic amines) is 1. The van der Waals surface area contributed by atoms with Crippen LogP contribution in [0.1, 0.15) is 16.8 Å². The summed E-state index contributed by atoms with van der Waals surface area (Å²) in [5, 5.41) is 18.5. The van der Waals surface area contributed by atoms with E-state index in [4.69, 9.17) is 9.94 Å². The molecular weight excluding hydrogens is 365 g/mol. The Labute approximate surface area is 144 Å². The Morgan fingerprint density at radius 3 is 2.64 bits per heavy atom. The van der Waals surface area contributed by atoms with Crippen LogP contribution < -0.4 is 10.2 Å². The molecule has 0 aliphatic carbocycles. The Balaban J connectivity index is 2.32. The first kappa shape index (κ1) is 19.3. The number of halogens is 3. The van der Waals surface area contributed by atoms with Crippen LogP contribution in [0, 0.1) is 0 Å². The number of hydrogen-bond acceptors (Lipinski definition) is 6. The van der Waals surface area contributed by atoms with E-state index in [0.717, 1.165) is 11.0 Å². The third-order valence-electron chi connectivity index (χ3n) is 3.64. The Morgan fingerprint density at radius 1 is 1.40 bits per heavy atom. The van der Waals surface area contributed by atoms with E-state index in [2.05, 4.69) is 0 Å². The van der Waals surface area contributed by atoms with E-state index in [1.54, 1.807) is 0 Å². The van der Waals surface area contributed by atoms with Gasteiger partial charge in [0.2, 0.25) is 0 Å². The predicted molar refractivity (Wildman–Crippen MR) is 80.3 cm³/mol. The lowest BCUT2D eigenvalue weighted by Gasteiger charge is -2.24. The lowest BCUT2D eigenvalue weighted by molar-refractivity contribution is -0.135. The first-order valence-electron chi connectivity index (χ1n) is 7.04. The number of aliphatic hydroxyl groups is 1. The van der Waals surface area contributed by atoms with Gasteiger partial charge in [-0.15, -0.1) is 0 Å². The van der Waals surface area contributed by atoms with Gasteiger partial charge in [0.1, 0.15) is 11.8 Å². The van der Waals surface area contributed by atoms with Crippen molar-refractivity contribution in [1.82, 2.24) is 10.4 Å². The summed E-state index contributed by atoms with van der Waals surface area (Å²) in [5.74, 6) is -1.77. The second kappa shape index (κ2) is 7.50. The van der Waals surface area contributed by atoms with E-state index in [-0.39, 0.29) is 29.2 Å². The molecule has 3 N–H and O–H groups in total. The van der Waals surface area contributed by atoms with Gasteiger partial charge in [0.15, 0.2) is 0 Å². The van der Waals surface area contributed by atoms with Gasteiger partial charge in [-0.25, -0.2) is 5.48 Å². The van der Waals surface area contributed by atoms with Crippen molar-refractivity contribution in [2.75, 3.05) is 13.7 Å². The minimum atomic E-state index is -4.57. The van der Waals surface area contributed by atoms with Crippen LogP contribution in [0.3, 0.4) is 0 Å². The number of aliphatic hydroxyl groups excluding tert-OH is 1. The summed E-state index contributed by atoms with van der Waals surface area (Å²) in [7, 11) is 1.20. The summed E-state index contributed by atoms with van der Waals surface area (Å²) in [6.07, 6.45) is -1.08. The highest BCUT2D eigenvalue weighted by atomic mass is 32.2. The van der Waals surface area contributed by atoms with Gasteiger partial charge in [0, 0.05) is 12.1 Å². The quantitative estimate of drug-likeness (QED) is 0.415. The van der Waals surface area contributed by atoms with Crippen molar-refractivity contribution in [2.45, 2.75) is 29.0 Å². The van der Waals surface area contributed by atoms with E-state index in [1.165, 1.54) is 24.7 Å². The lowest BCUT2D eigenvalue weighted by Crippen LogP contribution is -2.49. The Kier molecular flexibility index (Phi) is 5.80. The molecule has 7 nitrogen and oxygen atoms in total. The van der Waals surface area contributed by atoms with Crippen LogP contribution in [0.15, 0.2) is 23.1 Å². The van der Waals surface area contributed by atoms with Crippen LogP contribution in [0.2, 0.25) is 0 Å². The van der Waals surface area contributed by atoms with Crippen molar-refractivity contribution in [3.63, 3.8) is 0 Å². The van der Waals surface area contributed by atoms with Crippen molar-refractivity contribution in [2.24, 2.45) is 0 Å². The fourth-order valence-corrected chi connectivity index (χ4v) is 3.25. The molecule has 11 heteroatoms. The van der Waals surface area contributed by atoms with Gasteiger partial charge < -0.3 is 14.7 Å². The summed E-state index contributed by atoms with van der Waals surface area (Å²) in [6.45, 7) is 0.0197. The maximum atomic E-state index is 12.7. The molecule has 1 aromatic rings. The number of methoxy groups -OCH3 is 1. The second-order valence-electron chi connectivity index (χ2n) is 5.19. The van der Waals surface area contributed by atoms with Crippen LogP contribution >= 0.6 is 11.8 Å². The Bertz CT molecular complexity index is 670. The molecule has 1 saturated heterocycles. The number of ether oxygens (including phenoxy) is 1. The molecule has 2 rings (SSSR count). The average Bonchev–Trinajstić information content (AvgIpc) is 2.93. The molecule has 0 spiro atoms. The molecular formula is C14H15F3N2O5S. The Morgan fingerprint density at radius 2 is 2.08 bits per heavy atom. The van der Waals surface area contributed by atoms with E-state index in [9.17, 15) is 27.9 Å². The Hall–Kier alpha value is -1.98. The van der Waals surface area contributed by atoms with E-state index in [1.807, 2.05) is 0 Å². The smallest absolute Gasteiger partial charge is 0.446 e. The maximum absolute atomic E-state index is 12.7. The number of benzene rings is 1. The third kappa shape index (κ3) is 4.35. The van der Waals surface area contributed by atoms with Crippen LogP contribution in [-0.4, -0.2) is 58.3 Å². The molecule has 0 aromatic heterocycles. The van der Waals surface area contributed by atoms with Crippen molar-refractivity contribution >= 4 is 23.6 Å². The number of nitrogens with one attached hydrogen (secondary N) is 1. The first-order valence-corrected chi connectivity index (χ1v) is 7.86. The zero-order valence-electron chi connectivity index (χ0n) is 12.9. The summed E-state index contributed by atoms with van der Waals surface area (Å²) in [5.41, 5.74) is -3.30. The van der Waals surface area contributed by atoms with Crippen LogP contribution in [0.4, 0.5) is 13.2 Å². The maximum Gasteiger partial charge on any atom is 0.446 e. The number of nitrogens with zero attached hydrogens (tertiary/aromatic N) is 1. The minimum absolute atomic E-state index is 0.0197. The number of thioether (sulfide) groups is 1. The van der Waals surface area contributed by atoms with Gasteiger partial charge in [-0.05, 0) is 36.4 Å². The molecule has 1 aromatic carbocycles. The highest BCUT2D eigenvalue weighted by molar-refractivity contribution is 8.00. The molecule has 0 saturated carbocycles. The normalized spacial score (nSPS) is 20.5. The summed E-state index contributed by atoms with van der Waals surface area (Å²) in [4.78, 5) is 24.9. The zero-order valence-corrected chi connectivity index (χ0v) is 13.7. The number of hydroxylamine groups is 1. The number of carbonyl (C=O) groups is 2. The highest BCUT2D eigenvalue weighted by Gasteiger charge is 2.41. The summed E-state index contributed by atoms with van der Waals surface area (Å²) >= 11 is -0.426. The van der Waals surface area contributed by atoms with Gasteiger partial charge in [0.25, 0.3) is 11.8 Å². The van der Waals surface area contributed by atoms with Gasteiger partial charge in [0.05, 0.1) is 18.1 Å². The van der Waals surface area contributed by atoms with Gasteiger partial charge >= 0.3 is 5.51 Å². The number of hydrogen-bond donors (Lipinski definition) is 3. The minimum Gasteiger partial charge on any atom is -0.496 e. The molecule has 1 aliphatic heterocycles. The van der Waals surface area contributed by atoms with Gasteiger partial charge in [-0.3, -0.25) is 14.8 Å². The van der Waals surface area contributed by atoms with E-state index in [0.29, 0.717) is 0 Å². The molecule has 1 fully saturated rings. The topological polar surface area (TPSA) is 99.1 Å². The molecule has 25 heavy (non-hydrogen) atoms. The molecule has 1 heterocycles. The summed E-state index contributed by atoms with van der Waals surface area (Å²) < 4.78 is 42.8. The number of alkyl halides is 3.